The third-order valence-corrected chi connectivity index (χ3v) is 2.73. The van der Waals surface area contributed by atoms with E-state index in [0.717, 1.165) is 6.54 Å². The topological polar surface area (TPSA) is 3.88 Å². The summed E-state index contributed by atoms with van der Waals surface area (Å²) in [5.41, 5.74) is 4.31. The fourth-order valence-electron chi connectivity index (χ4n) is 1.84. The summed E-state index contributed by atoms with van der Waals surface area (Å²) in [7, 11) is 0. The molecule has 1 rings (SSSR count). The van der Waals surface area contributed by atoms with Gasteiger partial charge in [0.05, 0.1) is 0 Å². The Hall–Kier alpha value is -0.850. The lowest BCUT2D eigenvalue weighted by Gasteiger charge is -2.05. The van der Waals surface area contributed by atoms with Crippen LogP contribution < -0.4 is 4.57 Å². The molecule has 0 bridgehead atoms. The maximum Gasteiger partial charge on any atom is 0.181 e. The number of pyridine rings is 1. The third-order valence-electron chi connectivity index (χ3n) is 2.73. The van der Waals surface area contributed by atoms with Crippen molar-refractivity contribution in [3.8, 4) is 0 Å². The van der Waals surface area contributed by atoms with Gasteiger partial charge in [-0.3, -0.25) is 0 Å². The Kier molecular flexibility index (Phi) is 4.12. The van der Waals surface area contributed by atoms with Crippen LogP contribution in [0.4, 0.5) is 0 Å². The Balaban J connectivity index is 3.01. The Morgan fingerprint density at radius 3 is 2.43 bits per heavy atom. The van der Waals surface area contributed by atoms with Crippen LogP contribution >= 0.6 is 0 Å². The Morgan fingerprint density at radius 2 is 1.86 bits per heavy atom. The molecule has 1 aromatic heterocycles. The zero-order valence-corrected chi connectivity index (χ0v) is 9.93. The lowest BCUT2D eigenvalue weighted by atomic mass is 10.1. The van der Waals surface area contributed by atoms with E-state index in [1.54, 1.807) is 0 Å². The fourth-order valence-corrected chi connectivity index (χ4v) is 1.84. The molecule has 0 saturated heterocycles. The maximum absolute atomic E-state index is 2.39. The predicted molar refractivity (Wildman–Crippen MR) is 60.4 cm³/mol. The lowest BCUT2D eigenvalue weighted by molar-refractivity contribution is -0.703. The molecule has 0 aliphatic heterocycles. The van der Waals surface area contributed by atoms with E-state index in [0.29, 0.717) is 0 Å². The van der Waals surface area contributed by atoms with Crippen LogP contribution in [-0.4, -0.2) is 0 Å². The zero-order chi connectivity index (χ0) is 10.6. The predicted octanol–water partition coefficient (Wildman–Crippen LogP) is 2.95. The highest BCUT2D eigenvalue weighted by molar-refractivity contribution is 5.19. The number of hydrogen-bond acceptors (Lipinski definition) is 0. The standard InChI is InChI=1S/C13H22N/c1-5-7-13-9-11(3)12(4)14(10-13)8-6-2/h9-10H,5-8H2,1-4H3/q+1. The average Bonchev–Trinajstić information content (AvgIpc) is 2.14. The first-order valence-corrected chi connectivity index (χ1v) is 5.68. The highest BCUT2D eigenvalue weighted by atomic mass is 14.9. The molecule has 0 aromatic carbocycles. The van der Waals surface area contributed by atoms with Crippen molar-refractivity contribution in [3.63, 3.8) is 0 Å². The molecule has 1 nitrogen and oxygen atoms in total. The third kappa shape index (κ3) is 2.57. The van der Waals surface area contributed by atoms with E-state index in [9.17, 15) is 0 Å². The van der Waals surface area contributed by atoms with Crippen LogP contribution in [0.5, 0.6) is 0 Å². The van der Waals surface area contributed by atoms with Gasteiger partial charge in [0.15, 0.2) is 11.9 Å². The molecule has 0 unspecified atom stereocenters. The molecule has 0 atom stereocenters. The molecule has 0 aliphatic rings. The maximum atomic E-state index is 2.39. The summed E-state index contributed by atoms with van der Waals surface area (Å²) < 4.78 is 2.39. The van der Waals surface area contributed by atoms with Gasteiger partial charge in [0, 0.05) is 24.5 Å². The zero-order valence-electron chi connectivity index (χ0n) is 9.93. The van der Waals surface area contributed by atoms with Crippen LogP contribution in [0.2, 0.25) is 0 Å². The molecular formula is C13H22N+. The van der Waals surface area contributed by atoms with Crippen molar-refractivity contribution < 1.29 is 4.57 Å². The fraction of sp³-hybridized carbons (Fsp3) is 0.615. The number of nitrogens with zero attached hydrogens (tertiary/aromatic N) is 1. The summed E-state index contributed by atoms with van der Waals surface area (Å²) in [5, 5.41) is 0. The molecule has 0 fully saturated rings. The van der Waals surface area contributed by atoms with E-state index < -0.39 is 0 Å². The molecule has 14 heavy (non-hydrogen) atoms. The van der Waals surface area contributed by atoms with Crippen LogP contribution in [0.1, 0.15) is 43.5 Å². The van der Waals surface area contributed by atoms with Crippen LogP contribution in [0.25, 0.3) is 0 Å². The molecule has 1 heterocycles. The summed E-state index contributed by atoms with van der Waals surface area (Å²) in [4.78, 5) is 0. The van der Waals surface area contributed by atoms with Gasteiger partial charge >= 0.3 is 0 Å². The van der Waals surface area contributed by atoms with E-state index in [1.165, 1.54) is 36.1 Å². The minimum absolute atomic E-state index is 1.14. The van der Waals surface area contributed by atoms with E-state index in [2.05, 4.69) is 44.5 Å². The Bertz CT molecular complexity index is 302. The number of aryl methyl sites for hydroxylation is 3. The highest BCUT2D eigenvalue weighted by Crippen LogP contribution is 2.07. The first kappa shape index (κ1) is 11.2. The molecule has 0 radical (unpaired) electrons. The van der Waals surface area contributed by atoms with Crippen molar-refractivity contribution in [2.45, 2.75) is 53.5 Å². The van der Waals surface area contributed by atoms with Crippen molar-refractivity contribution in [1.29, 1.82) is 0 Å². The molecule has 0 aliphatic carbocycles. The van der Waals surface area contributed by atoms with Gasteiger partial charge in [0.2, 0.25) is 0 Å². The van der Waals surface area contributed by atoms with Gasteiger partial charge in [0.25, 0.3) is 0 Å². The van der Waals surface area contributed by atoms with Gasteiger partial charge in [-0.1, -0.05) is 20.3 Å². The Labute approximate surface area is 87.8 Å². The van der Waals surface area contributed by atoms with Gasteiger partial charge in [-0.15, -0.1) is 0 Å². The van der Waals surface area contributed by atoms with E-state index >= 15 is 0 Å². The summed E-state index contributed by atoms with van der Waals surface area (Å²) in [6.45, 7) is 10.0. The minimum atomic E-state index is 1.14. The van der Waals surface area contributed by atoms with Crippen molar-refractivity contribution >= 4 is 0 Å². The quantitative estimate of drug-likeness (QED) is 0.646. The second kappa shape index (κ2) is 5.14. The minimum Gasteiger partial charge on any atom is -0.202 e. The van der Waals surface area contributed by atoms with Crippen LogP contribution in [0.15, 0.2) is 12.3 Å². The second-order valence-electron chi connectivity index (χ2n) is 4.06. The first-order valence-electron chi connectivity index (χ1n) is 5.68. The normalized spacial score (nSPS) is 10.6. The van der Waals surface area contributed by atoms with Crippen molar-refractivity contribution in [3.05, 3.63) is 29.1 Å². The van der Waals surface area contributed by atoms with Gasteiger partial charge in [-0.25, -0.2) is 4.57 Å². The molecule has 1 aromatic rings. The molecule has 0 N–H and O–H groups in total. The second-order valence-corrected chi connectivity index (χ2v) is 4.06. The van der Waals surface area contributed by atoms with Crippen LogP contribution in [0, 0.1) is 13.8 Å². The molecular weight excluding hydrogens is 170 g/mol. The first-order chi connectivity index (χ1) is 6.69. The van der Waals surface area contributed by atoms with Crippen LogP contribution in [-0.2, 0) is 13.0 Å². The molecule has 0 saturated carbocycles. The van der Waals surface area contributed by atoms with E-state index in [4.69, 9.17) is 0 Å². The van der Waals surface area contributed by atoms with E-state index in [1.807, 2.05) is 0 Å². The molecule has 78 valence electrons. The van der Waals surface area contributed by atoms with Crippen molar-refractivity contribution in [1.82, 2.24) is 0 Å². The largest absolute Gasteiger partial charge is 0.202 e. The molecule has 1 heteroatoms. The highest BCUT2D eigenvalue weighted by Gasteiger charge is 2.09. The average molecular weight is 192 g/mol. The van der Waals surface area contributed by atoms with Gasteiger partial charge < -0.3 is 0 Å². The summed E-state index contributed by atoms with van der Waals surface area (Å²) >= 11 is 0. The van der Waals surface area contributed by atoms with Gasteiger partial charge in [-0.05, 0) is 19.4 Å². The van der Waals surface area contributed by atoms with Gasteiger partial charge in [-0.2, -0.15) is 0 Å². The van der Waals surface area contributed by atoms with Crippen LogP contribution in [0.3, 0.4) is 0 Å². The Morgan fingerprint density at radius 1 is 1.14 bits per heavy atom. The summed E-state index contributed by atoms with van der Waals surface area (Å²) in [6.07, 6.45) is 5.95. The monoisotopic (exact) mass is 192 g/mol. The number of aromatic nitrogens is 1. The van der Waals surface area contributed by atoms with Crippen molar-refractivity contribution in [2.75, 3.05) is 0 Å². The van der Waals surface area contributed by atoms with Gasteiger partial charge in [0.1, 0.15) is 6.54 Å². The molecule has 0 amide bonds. The number of rotatable bonds is 4. The summed E-state index contributed by atoms with van der Waals surface area (Å²) in [5.74, 6) is 0. The lowest BCUT2D eigenvalue weighted by Crippen LogP contribution is -2.37. The summed E-state index contributed by atoms with van der Waals surface area (Å²) in [6, 6.07) is 2.32. The molecule has 0 spiro atoms. The van der Waals surface area contributed by atoms with E-state index in [-0.39, 0.29) is 0 Å². The number of hydrogen-bond donors (Lipinski definition) is 0. The van der Waals surface area contributed by atoms with Crippen molar-refractivity contribution in [2.24, 2.45) is 0 Å². The SMILES string of the molecule is CCCc1cc(C)c(C)[n+](CCC)c1. The smallest absolute Gasteiger partial charge is 0.181 e.